The first kappa shape index (κ1) is 14.3. The third-order valence-corrected chi connectivity index (χ3v) is 3.86. The molecule has 1 aromatic carbocycles. The second-order valence-electron chi connectivity index (χ2n) is 3.92. The van der Waals surface area contributed by atoms with Crippen LogP contribution in [-0.4, -0.2) is 30.3 Å². The molecule has 1 heterocycles. The average molecular weight is 291 g/mol. The lowest BCUT2D eigenvalue weighted by Crippen LogP contribution is -2.22. The van der Waals surface area contributed by atoms with Crippen LogP contribution in [0.2, 0.25) is 0 Å². The Morgan fingerprint density at radius 1 is 1.40 bits per heavy atom. The highest BCUT2D eigenvalue weighted by Crippen LogP contribution is 2.08. The molecule has 0 fully saturated rings. The molecule has 20 heavy (non-hydrogen) atoms. The molecule has 0 saturated heterocycles. The number of nitrogens with zero attached hydrogens (tertiary/aromatic N) is 1. The van der Waals surface area contributed by atoms with E-state index in [1.54, 1.807) is 24.3 Å². The lowest BCUT2D eigenvalue weighted by Gasteiger charge is -2.05. The molecular formula is C13H13N3O3S. The minimum Gasteiger partial charge on any atom is -0.384 e. The molecular weight excluding hydrogens is 278 g/mol. The number of hydrogen-bond donors (Lipinski definition) is 3. The highest BCUT2D eigenvalue weighted by molar-refractivity contribution is 7.89. The van der Waals surface area contributed by atoms with Crippen molar-refractivity contribution in [2.45, 2.75) is 11.4 Å². The van der Waals surface area contributed by atoms with E-state index < -0.39 is 10.0 Å². The Hall–Kier alpha value is -2.14. The number of benzene rings is 1. The van der Waals surface area contributed by atoms with E-state index in [2.05, 4.69) is 26.8 Å². The van der Waals surface area contributed by atoms with Gasteiger partial charge in [0.25, 0.3) is 0 Å². The number of aromatic amines is 1. The van der Waals surface area contributed by atoms with Gasteiger partial charge < -0.3 is 5.11 Å². The van der Waals surface area contributed by atoms with Gasteiger partial charge in [0, 0.05) is 18.3 Å². The highest BCUT2D eigenvalue weighted by atomic mass is 32.2. The van der Waals surface area contributed by atoms with E-state index >= 15 is 0 Å². The monoisotopic (exact) mass is 291 g/mol. The van der Waals surface area contributed by atoms with Crippen LogP contribution in [0.25, 0.3) is 0 Å². The average Bonchev–Trinajstić information content (AvgIpc) is 2.98. The molecule has 0 radical (unpaired) electrons. The van der Waals surface area contributed by atoms with Crippen molar-refractivity contribution in [3.05, 3.63) is 47.8 Å². The number of nitrogens with one attached hydrogen (secondary N) is 2. The van der Waals surface area contributed by atoms with Crippen molar-refractivity contribution >= 4 is 10.0 Å². The molecule has 6 nitrogen and oxygen atoms in total. The lowest BCUT2D eigenvalue weighted by atomic mass is 10.1. The Kier molecular flexibility index (Phi) is 4.53. The van der Waals surface area contributed by atoms with Gasteiger partial charge in [0.05, 0.1) is 6.20 Å². The lowest BCUT2D eigenvalue weighted by molar-refractivity contribution is 0.350. The summed E-state index contributed by atoms with van der Waals surface area (Å²) in [6.07, 6.45) is 2.55. The summed E-state index contributed by atoms with van der Waals surface area (Å²) in [5.41, 5.74) is 1.50. The SMILES string of the molecule is O=S(=O)(NCc1cccc(C#CCO)c1)c1cn[nH]c1. The largest absolute Gasteiger partial charge is 0.384 e. The zero-order valence-corrected chi connectivity index (χ0v) is 11.3. The van der Waals surface area contributed by atoms with Crippen molar-refractivity contribution in [1.29, 1.82) is 0 Å². The summed E-state index contributed by atoms with van der Waals surface area (Å²) in [5, 5.41) is 14.7. The number of hydrogen-bond acceptors (Lipinski definition) is 4. The Morgan fingerprint density at radius 3 is 2.95 bits per heavy atom. The Balaban J connectivity index is 2.08. The van der Waals surface area contributed by atoms with Crippen molar-refractivity contribution in [3.8, 4) is 11.8 Å². The minimum atomic E-state index is -3.56. The first-order valence-electron chi connectivity index (χ1n) is 5.79. The number of aliphatic hydroxyl groups excluding tert-OH is 1. The summed E-state index contributed by atoms with van der Waals surface area (Å²) in [5.74, 6) is 5.31. The molecule has 3 N–H and O–H groups in total. The van der Waals surface area contributed by atoms with Gasteiger partial charge in [-0.2, -0.15) is 5.10 Å². The quantitative estimate of drug-likeness (QED) is 0.703. The summed E-state index contributed by atoms with van der Waals surface area (Å²) >= 11 is 0. The second kappa shape index (κ2) is 6.34. The molecule has 0 aliphatic heterocycles. The Labute approximate surface area is 116 Å². The van der Waals surface area contributed by atoms with E-state index in [-0.39, 0.29) is 18.0 Å². The van der Waals surface area contributed by atoms with Crippen LogP contribution in [-0.2, 0) is 16.6 Å². The molecule has 7 heteroatoms. The number of aliphatic hydroxyl groups is 1. The fourth-order valence-corrected chi connectivity index (χ4v) is 2.47. The van der Waals surface area contributed by atoms with Gasteiger partial charge in [0.2, 0.25) is 10.0 Å². The topological polar surface area (TPSA) is 95.1 Å². The van der Waals surface area contributed by atoms with Gasteiger partial charge in [-0.3, -0.25) is 5.10 Å². The van der Waals surface area contributed by atoms with Gasteiger partial charge in [0.1, 0.15) is 11.5 Å². The summed E-state index contributed by atoms with van der Waals surface area (Å²) in [4.78, 5) is 0.0914. The van der Waals surface area contributed by atoms with Crippen molar-refractivity contribution in [1.82, 2.24) is 14.9 Å². The second-order valence-corrected chi connectivity index (χ2v) is 5.69. The van der Waals surface area contributed by atoms with E-state index in [9.17, 15) is 8.42 Å². The highest BCUT2D eigenvalue weighted by Gasteiger charge is 2.14. The standard InChI is InChI=1S/C13H13N3O3S/c17-6-2-5-11-3-1-4-12(7-11)8-16-20(18,19)13-9-14-15-10-13/h1,3-4,7,9-10,16-17H,6,8H2,(H,14,15). The van der Waals surface area contributed by atoms with Gasteiger partial charge >= 0.3 is 0 Å². The van der Waals surface area contributed by atoms with E-state index in [1.165, 1.54) is 12.4 Å². The van der Waals surface area contributed by atoms with Crippen LogP contribution in [0.1, 0.15) is 11.1 Å². The van der Waals surface area contributed by atoms with Gasteiger partial charge in [-0.15, -0.1) is 0 Å². The molecule has 2 rings (SSSR count). The van der Waals surface area contributed by atoms with Gasteiger partial charge in [-0.1, -0.05) is 24.0 Å². The van der Waals surface area contributed by atoms with Crippen molar-refractivity contribution in [3.63, 3.8) is 0 Å². The zero-order chi connectivity index (χ0) is 14.4. The molecule has 104 valence electrons. The Bertz CT molecular complexity index is 728. The fraction of sp³-hybridized carbons (Fsp3) is 0.154. The van der Waals surface area contributed by atoms with Gasteiger partial charge in [-0.25, -0.2) is 13.1 Å². The molecule has 0 saturated carbocycles. The Morgan fingerprint density at radius 2 is 2.25 bits per heavy atom. The van der Waals surface area contributed by atoms with E-state index in [0.717, 1.165) is 11.1 Å². The van der Waals surface area contributed by atoms with Crippen molar-refractivity contribution in [2.24, 2.45) is 0 Å². The molecule has 0 amide bonds. The maximum absolute atomic E-state index is 11.9. The van der Waals surface area contributed by atoms with Crippen LogP contribution in [0.4, 0.5) is 0 Å². The zero-order valence-electron chi connectivity index (χ0n) is 10.5. The third-order valence-electron chi connectivity index (χ3n) is 2.49. The molecule has 2 aromatic rings. The van der Waals surface area contributed by atoms with E-state index in [1.807, 2.05) is 0 Å². The maximum Gasteiger partial charge on any atom is 0.243 e. The van der Waals surface area contributed by atoms with E-state index in [0.29, 0.717) is 0 Å². The molecule has 0 atom stereocenters. The molecule has 0 spiro atoms. The van der Waals surface area contributed by atoms with Crippen LogP contribution < -0.4 is 4.72 Å². The van der Waals surface area contributed by atoms with Crippen LogP contribution in [0.3, 0.4) is 0 Å². The summed E-state index contributed by atoms with van der Waals surface area (Å²) in [6.45, 7) is -0.0560. The number of aromatic nitrogens is 2. The number of sulfonamides is 1. The summed E-state index contributed by atoms with van der Waals surface area (Å²) in [7, 11) is -3.56. The summed E-state index contributed by atoms with van der Waals surface area (Å²) < 4.78 is 26.3. The van der Waals surface area contributed by atoms with Crippen molar-refractivity contribution in [2.75, 3.05) is 6.61 Å². The summed E-state index contributed by atoms with van der Waals surface area (Å²) in [6, 6.07) is 7.13. The van der Waals surface area contributed by atoms with Crippen molar-refractivity contribution < 1.29 is 13.5 Å². The molecule has 0 unspecified atom stereocenters. The van der Waals surface area contributed by atoms with Crippen LogP contribution >= 0.6 is 0 Å². The third kappa shape index (κ3) is 3.68. The molecule has 0 aliphatic rings. The molecule has 1 aromatic heterocycles. The first-order valence-corrected chi connectivity index (χ1v) is 7.27. The van der Waals surface area contributed by atoms with Gasteiger partial charge in [-0.05, 0) is 17.7 Å². The number of rotatable bonds is 4. The number of H-pyrrole nitrogens is 1. The van der Waals surface area contributed by atoms with Crippen LogP contribution in [0.5, 0.6) is 0 Å². The first-order chi connectivity index (χ1) is 9.62. The maximum atomic E-state index is 11.9. The van der Waals surface area contributed by atoms with E-state index in [4.69, 9.17) is 5.11 Å². The van der Waals surface area contributed by atoms with Crippen LogP contribution in [0.15, 0.2) is 41.6 Å². The fourth-order valence-electron chi connectivity index (χ4n) is 1.55. The minimum absolute atomic E-state index is 0.0914. The van der Waals surface area contributed by atoms with Crippen LogP contribution in [0, 0.1) is 11.8 Å². The predicted molar refractivity (Wildman–Crippen MR) is 73.0 cm³/mol. The molecule has 0 bridgehead atoms. The van der Waals surface area contributed by atoms with Gasteiger partial charge in [0.15, 0.2) is 0 Å². The smallest absolute Gasteiger partial charge is 0.243 e. The molecule has 0 aliphatic carbocycles. The normalized spacial score (nSPS) is 10.8. The predicted octanol–water partition coefficient (Wildman–Crippen LogP) is 0.232.